The molecule has 1 aliphatic heterocycles. The van der Waals surface area contributed by atoms with Crippen molar-refractivity contribution < 1.29 is 9.47 Å². The first-order valence-electron chi connectivity index (χ1n) is 8.03. The second kappa shape index (κ2) is 9.73. The lowest BCUT2D eigenvalue weighted by Gasteiger charge is -2.33. The lowest BCUT2D eigenvalue weighted by molar-refractivity contribution is -0.0723. The fourth-order valence-corrected chi connectivity index (χ4v) is 2.39. The van der Waals surface area contributed by atoms with Gasteiger partial charge in [-0.2, -0.15) is 0 Å². The van der Waals surface area contributed by atoms with Gasteiger partial charge in [0.15, 0.2) is 0 Å². The van der Waals surface area contributed by atoms with E-state index in [9.17, 15) is 0 Å². The highest BCUT2D eigenvalue weighted by Crippen LogP contribution is 2.12. The topological polar surface area (TPSA) is 21.7 Å². The van der Waals surface area contributed by atoms with E-state index < -0.39 is 0 Å². The van der Waals surface area contributed by atoms with Crippen molar-refractivity contribution in [3.05, 3.63) is 0 Å². The minimum atomic E-state index is 0.274. The number of hydrogen-bond acceptors (Lipinski definition) is 3. The van der Waals surface area contributed by atoms with E-state index in [1.54, 1.807) is 0 Å². The molecule has 19 heavy (non-hydrogen) atoms. The lowest BCUT2D eigenvalue weighted by Crippen LogP contribution is -2.44. The summed E-state index contributed by atoms with van der Waals surface area (Å²) in [6.45, 7) is 14.8. The molecule has 0 amide bonds. The third-order valence-electron chi connectivity index (χ3n) is 3.85. The summed E-state index contributed by atoms with van der Waals surface area (Å²) in [5, 5.41) is 0. The number of ether oxygens (including phenoxy) is 2. The molecule has 0 bridgehead atoms. The summed E-state index contributed by atoms with van der Waals surface area (Å²) in [6.07, 6.45) is 4.24. The Balaban J connectivity index is 2.11. The Morgan fingerprint density at radius 2 is 2.11 bits per heavy atom. The fraction of sp³-hybridized carbons (Fsp3) is 1.00. The van der Waals surface area contributed by atoms with Crippen LogP contribution in [-0.4, -0.2) is 50.5 Å². The van der Waals surface area contributed by atoms with Gasteiger partial charge in [-0.1, -0.05) is 34.1 Å². The van der Waals surface area contributed by atoms with E-state index in [1.807, 2.05) is 0 Å². The zero-order chi connectivity index (χ0) is 14.1. The van der Waals surface area contributed by atoms with Gasteiger partial charge in [-0.15, -0.1) is 0 Å². The van der Waals surface area contributed by atoms with Gasteiger partial charge in [0.25, 0.3) is 0 Å². The first-order valence-corrected chi connectivity index (χ1v) is 8.03. The molecule has 2 atom stereocenters. The number of hydrogen-bond donors (Lipinski definition) is 0. The van der Waals surface area contributed by atoms with Gasteiger partial charge in [-0.3, -0.25) is 4.90 Å². The minimum absolute atomic E-state index is 0.274. The van der Waals surface area contributed by atoms with Crippen molar-refractivity contribution >= 4 is 0 Å². The van der Waals surface area contributed by atoms with Gasteiger partial charge in [0.2, 0.25) is 0 Å². The van der Waals surface area contributed by atoms with E-state index in [4.69, 9.17) is 9.47 Å². The monoisotopic (exact) mass is 271 g/mol. The molecule has 0 N–H and O–H groups in total. The molecule has 0 radical (unpaired) electrons. The normalized spacial score (nSPS) is 22.9. The molecule has 0 aromatic carbocycles. The van der Waals surface area contributed by atoms with Crippen LogP contribution < -0.4 is 0 Å². The molecular weight excluding hydrogens is 238 g/mol. The van der Waals surface area contributed by atoms with Gasteiger partial charge in [0, 0.05) is 19.7 Å². The molecule has 1 saturated heterocycles. The summed E-state index contributed by atoms with van der Waals surface area (Å²) >= 11 is 0. The highest BCUT2D eigenvalue weighted by atomic mass is 16.5. The predicted octanol–water partition coefficient (Wildman–Crippen LogP) is 3.19. The molecule has 0 aliphatic carbocycles. The summed E-state index contributed by atoms with van der Waals surface area (Å²) in [5.74, 6) is 1.47. The highest BCUT2D eigenvalue weighted by molar-refractivity contribution is 4.71. The van der Waals surface area contributed by atoms with Gasteiger partial charge in [0.05, 0.1) is 19.3 Å². The van der Waals surface area contributed by atoms with E-state index in [1.165, 1.54) is 25.8 Å². The molecule has 0 aromatic rings. The smallest absolute Gasteiger partial charge is 0.0935 e. The Kier molecular flexibility index (Phi) is 8.67. The molecule has 3 nitrogen and oxygen atoms in total. The number of rotatable bonds is 9. The third kappa shape index (κ3) is 7.91. The molecule has 3 heteroatoms. The van der Waals surface area contributed by atoms with Crippen molar-refractivity contribution in [1.29, 1.82) is 0 Å². The van der Waals surface area contributed by atoms with Gasteiger partial charge in [-0.25, -0.2) is 0 Å². The van der Waals surface area contributed by atoms with Crippen LogP contribution in [-0.2, 0) is 9.47 Å². The lowest BCUT2D eigenvalue weighted by atomic mass is 10.0. The maximum atomic E-state index is 5.77. The zero-order valence-corrected chi connectivity index (χ0v) is 13.4. The molecule has 1 aliphatic rings. The van der Waals surface area contributed by atoms with Crippen LogP contribution in [0.25, 0.3) is 0 Å². The van der Waals surface area contributed by atoms with Gasteiger partial charge < -0.3 is 9.47 Å². The van der Waals surface area contributed by atoms with E-state index >= 15 is 0 Å². The molecular formula is C16H33NO2. The van der Waals surface area contributed by atoms with Crippen LogP contribution in [0.1, 0.15) is 47.0 Å². The fourth-order valence-electron chi connectivity index (χ4n) is 2.39. The van der Waals surface area contributed by atoms with Crippen LogP contribution in [0.15, 0.2) is 0 Å². The van der Waals surface area contributed by atoms with E-state index in [0.29, 0.717) is 5.92 Å². The van der Waals surface area contributed by atoms with Crippen LogP contribution >= 0.6 is 0 Å². The summed E-state index contributed by atoms with van der Waals surface area (Å²) in [6, 6.07) is 0. The Labute approximate surface area is 119 Å². The molecule has 1 fully saturated rings. The molecule has 0 aromatic heterocycles. The Bertz CT molecular complexity index is 221. The summed E-state index contributed by atoms with van der Waals surface area (Å²) in [5.41, 5.74) is 0. The van der Waals surface area contributed by atoms with E-state index in [0.717, 1.165) is 38.8 Å². The van der Waals surface area contributed by atoms with Crippen molar-refractivity contribution in [2.24, 2.45) is 11.8 Å². The standard InChI is InChI=1S/C16H33NO2/c1-5-15(4)7-6-8-17-9-10-19-16(11-17)13-18-12-14(2)3/h14-16H,5-13H2,1-4H3/t15?,16-/m1/s1. The maximum absolute atomic E-state index is 5.77. The van der Waals surface area contributed by atoms with E-state index in [-0.39, 0.29) is 6.10 Å². The van der Waals surface area contributed by atoms with Crippen LogP contribution in [0.5, 0.6) is 0 Å². The van der Waals surface area contributed by atoms with Crippen molar-refractivity contribution in [1.82, 2.24) is 4.90 Å². The molecule has 114 valence electrons. The summed E-state index contributed by atoms with van der Waals surface area (Å²) in [7, 11) is 0. The maximum Gasteiger partial charge on any atom is 0.0935 e. The first-order chi connectivity index (χ1) is 9.11. The molecule has 1 unspecified atom stereocenters. The van der Waals surface area contributed by atoms with Crippen molar-refractivity contribution in [3.63, 3.8) is 0 Å². The number of nitrogens with zero attached hydrogens (tertiary/aromatic N) is 1. The predicted molar refractivity (Wildman–Crippen MR) is 80.5 cm³/mol. The Morgan fingerprint density at radius 1 is 1.32 bits per heavy atom. The van der Waals surface area contributed by atoms with Crippen molar-refractivity contribution in [3.8, 4) is 0 Å². The summed E-state index contributed by atoms with van der Waals surface area (Å²) < 4.78 is 11.5. The minimum Gasteiger partial charge on any atom is -0.378 e. The highest BCUT2D eigenvalue weighted by Gasteiger charge is 2.20. The molecule has 1 rings (SSSR count). The molecule has 0 saturated carbocycles. The molecule has 0 spiro atoms. The van der Waals surface area contributed by atoms with Gasteiger partial charge in [0.1, 0.15) is 0 Å². The van der Waals surface area contributed by atoms with Crippen LogP contribution in [0.4, 0.5) is 0 Å². The van der Waals surface area contributed by atoms with Crippen LogP contribution in [0.2, 0.25) is 0 Å². The summed E-state index contributed by atoms with van der Waals surface area (Å²) in [4.78, 5) is 2.54. The average Bonchev–Trinajstić information content (AvgIpc) is 2.38. The first kappa shape index (κ1) is 16.9. The second-order valence-corrected chi connectivity index (χ2v) is 6.38. The quantitative estimate of drug-likeness (QED) is 0.643. The molecule has 1 heterocycles. The van der Waals surface area contributed by atoms with Crippen LogP contribution in [0.3, 0.4) is 0 Å². The third-order valence-corrected chi connectivity index (χ3v) is 3.85. The van der Waals surface area contributed by atoms with Gasteiger partial charge in [-0.05, 0) is 31.2 Å². The van der Waals surface area contributed by atoms with Crippen molar-refractivity contribution in [2.75, 3.05) is 39.5 Å². The van der Waals surface area contributed by atoms with Gasteiger partial charge >= 0.3 is 0 Å². The van der Waals surface area contributed by atoms with Crippen molar-refractivity contribution in [2.45, 2.75) is 53.1 Å². The second-order valence-electron chi connectivity index (χ2n) is 6.38. The van der Waals surface area contributed by atoms with Crippen LogP contribution in [0, 0.1) is 11.8 Å². The van der Waals surface area contributed by atoms with E-state index in [2.05, 4.69) is 32.6 Å². The Hall–Kier alpha value is -0.120. The Morgan fingerprint density at radius 3 is 2.79 bits per heavy atom. The number of morpholine rings is 1. The zero-order valence-electron chi connectivity index (χ0n) is 13.4. The SMILES string of the molecule is CCC(C)CCCN1CCO[C@@H](COCC(C)C)C1. The largest absolute Gasteiger partial charge is 0.378 e. The average molecular weight is 271 g/mol.